The highest BCUT2D eigenvalue weighted by molar-refractivity contribution is 5.77. The first-order valence-corrected chi connectivity index (χ1v) is 6.19. The van der Waals surface area contributed by atoms with E-state index in [9.17, 15) is 4.79 Å². The maximum Gasteiger partial charge on any atom is 0.306 e. The molecule has 4 nitrogen and oxygen atoms in total. The summed E-state index contributed by atoms with van der Waals surface area (Å²) in [5, 5.41) is 0. The van der Waals surface area contributed by atoms with Crippen LogP contribution in [0.15, 0.2) is 18.2 Å². The predicted octanol–water partition coefficient (Wildman–Crippen LogP) is 2.38. The number of carbonyl (C=O) groups excluding carboxylic acids is 1. The topological polar surface area (TPSA) is 44.1 Å². The second kappa shape index (κ2) is 5.21. The normalized spacial score (nSPS) is 10.8. The first-order chi connectivity index (χ1) is 8.61. The molecule has 0 aliphatic carbocycles. The zero-order valence-electron chi connectivity index (χ0n) is 11.1. The summed E-state index contributed by atoms with van der Waals surface area (Å²) in [5.74, 6) is 0.754. The van der Waals surface area contributed by atoms with Crippen LogP contribution in [0.5, 0.6) is 0 Å². The molecule has 0 saturated heterocycles. The summed E-state index contributed by atoms with van der Waals surface area (Å²) in [7, 11) is 1.98. The standard InChI is InChI=1S/C14H18N2O2/c1-4-18-14(17)8-7-13-15-11-6-5-10(2)9-12(11)16(13)3/h5-6,9H,4,7-8H2,1-3H3. The van der Waals surface area contributed by atoms with Gasteiger partial charge in [-0.2, -0.15) is 0 Å². The van der Waals surface area contributed by atoms with Crippen molar-refractivity contribution >= 4 is 17.0 Å². The van der Waals surface area contributed by atoms with E-state index in [1.165, 1.54) is 5.56 Å². The highest BCUT2D eigenvalue weighted by Gasteiger charge is 2.10. The van der Waals surface area contributed by atoms with Gasteiger partial charge in [0.1, 0.15) is 5.82 Å². The molecule has 1 heterocycles. The van der Waals surface area contributed by atoms with Crippen LogP contribution in [0.4, 0.5) is 0 Å². The Morgan fingerprint density at radius 1 is 1.44 bits per heavy atom. The molecule has 18 heavy (non-hydrogen) atoms. The second-order valence-corrected chi connectivity index (χ2v) is 4.38. The van der Waals surface area contributed by atoms with Crippen molar-refractivity contribution < 1.29 is 9.53 Å². The van der Waals surface area contributed by atoms with Crippen LogP contribution >= 0.6 is 0 Å². The third-order valence-corrected chi connectivity index (χ3v) is 2.99. The molecule has 0 spiro atoms. The summed E-state index contributed by atoms with van der Waals surface area (Å²) < 4.78 is 6.96. The lowest BCUT2D eigenvalue weighted by Crippen LogP contribution is -2.07. The molecule has 1 aromatic heterocycles. The number of hydrogen-bond acceptors (Lipinski definition) is 3. The van der Waals surface area contributed by atoms with Crippen molar-refractivity contribution in [2.45, 2.75) is 26.7 Å². The van der Waals surface area contributed by atoms with Crippen LogP contribution < -0.4 is 0 Å². The van der Waals surface area contributed by atoms with Crippen LogP contribution in [-0.2, 0) is 23.0 Å². The van der Waals surface area contributed by atoms with Crippen LogP contribution in [0.2, 0.25) is 0 Å². The summed E-state index contributed by atoms with van der Waals surface area (Å²) in [6.07, 6.45) is 0.993. The number of benzene rings is 1. The van der Waals surface area contributed by atoms with E-state index in [4.69, 9.17) is 4.74 Å². The van der Waals surface area contributed by atoms with Gasteiger partial charge >= 0.3 is 5.97 Å². The first kappa shape index (κ1) is 12.6. The van der Waals surface area contributed by atoms with Crippen molar-refractivity contribution in [3.63, 3.8) is 0 Å². The molecule has 0 unspecified atom stereocenters. The summed E-state index contributed by atoms with van der Waals surface area (Å²) in [5.41, 5.74) is 3.29. The zero-order valence-corrected chi connectivity index (χ0v) is 11.1. The minimum absolute atomic E-state index is 0.166. The average molecular weight is 246 g/mol. The van der Waals surface area contributed by atoms with E-state index in [-0.39, 0.29) is 5.97 Å². The van der Waals surface area contributed by atoms with Gasteiger partial charge < -0.3 is 9.30 Å². The number of aromatic nitrogens is 2. The van der Waals surface area contributed by atoms with Gasteiger partial charge in [0.2, 0.25) is 0 Å². The Morgan fingerprint density at radius 3 is 2.94 bits per heavy atom. The minimum Gasteiger partial charge on any atom is -0.466 e. The Balaban J connectivity index is 2.19. The minimum atomic E-state index is -0.166. The highest BCUT2D eigenvalue weighted by Crippen LogP contribution is 2.17. The lowest BCUT2D eigenvalue weighted by molar-refractivity contribution is -0.143. The fourth-order valence-electron chi connectivity index (χ4n) is 2.02. The Labute approximate surface area is 107 Å². The van der Waals surface area contributed by atoms with Gasteiger partial charge in [0.25, 0.3) is 0 Å². The quantitative estimate of drug-likeness (QED) is 0.778. The summed E-state index contributed by atoms with van der Waals surface area (Å²) >= 11 is 0. The van der Waals surface area contributed by atoms with Crippen LogP contribution in [0.1, 0.15) is 24.7 Å². The number of carbonyl (C=O) groups is 1. The van der Waals surface area contributed by atoms with E-state index in [2.05, 4.69) is 18.0 Å². The molecule has 0 fully saturated rings. The molecular weight excluding hydrogens is 228 g/mol. The maximum atomic E-state index is 11.3. The maximum absolute atomic E-state index is 11.3. The zero-order chi connectivity index (χ0) is 13.1. The number of rotatable bonds is 4. The number of nitrogens with zero attached hydrogens (tertiary/aromatic N) is 2. The predicted molar refractivity (Wildman–Crippen MR) is 70.4 cm³/mol. The second-order valence-electron chi connectivity index (χ2n) is 4.38. The van der Waals surface area contributed by atoms with Crippen molar-refractivity contribution in [2.24, 2.45) is 7.05 Å². The molecule has 4 heteroatoms. The molecule has 0 N–H and O–H groups in total. The van der Waals surface area contributed by atoms with Crippen molar-refractivity contribution in [3.8, 4) is 0 Å². The molecule has 2 aromatic rings. The van der Waals surface area contributed by atoms with Gasteiger partial charge in [0.05, 0.1) is 24.1 Å². The number of esters is 1. The molecule has 96 valence electrons. The van der Waals surface area contributed by atoms with Gasteiger partial charge in [-0.1, -0.05) is 6.07 Å². The van der Waals surface area contributed by atoms with Crippen molar-refractivity contribution in [2.75, 3.05) is 6.61 Å². The lowest BCUT2D eigenvalue weighted by atomic mass is 10.2. The summed E-state index contributed by atoms with van der Waals surface area (Å²) in [6, 6.07) is 6.17. The van der Waals surface area contributed by atoms with Crippen molar-refractivity contribution in [1.82, 2.24) is 9.55 Å². The Morgan fingerprint density at radius 2 is 2.22 bits per heavy atom. The number of imidazole rings is 1. The fraction of sp³-hybridized carbons (Fsp3) is 0.429. The van der Waals surface area contributed by atoms with E-state index >= 15 is 0 Å². The lowest BCUT2D eigenvalue weighted by Gasteiger charge is -2.03. The van der Waals surface area contributed by atoms with Gasteiger partial charge in [0, 0.05) is 13.5 Å². The van der Waals surface area contributed by atoms with Crippen LogP contribution in [0, 0.1) is 6.92 Å². The number of hydrogen-bond donors (Lipinski definition) is 0. The molecule has 2 rings (SSSR count). The molecule has 0 bridgehead atoms. The van der Waals surface area contributed by atoms with Crippen molar-refractivity contribution in [3.05, 3.63) is 29.6 Å². The number of fused-ring (bicyclic) bond motifs is 1. The third-order valence-electron chi connectivity index (χ3n) is 2.99. The molecule has 0 aliphatic rings. The summed E-state index contributed by atoms with van der Waals surface area (Å²) in [4.78, 5) is 15.9. The molecule has 0 aliphatic heterocycles. The number of ether oxygens (including phenoxy) is 1. The monoisotopic (exact) mass is 246 g/mol. The molecule has 0 radical (unpaired) electrons. The van der Waals surface area contributed by atoms with Gasteiger partial charge in [-0.3, -0.25) is 4.79 Å². The first-order valence-electron chi connectivity index (χ1n) is 6.19. The van der Waals surface area contributed by atoms with Gasteiger partial charge in [-0.05, 0) is 31.5 Å². The molecule has 0 amide bonds. The van der Waals surface area contributed by atoms with Gasteiger partial charge in [-0.25, -0.2) is 4.98 Å². The molecule has 0 atom stereocenters. The van der Waals surface area contributed by atoms with Crippen LogP contribution in [0.3, 0.4) is 0 Å². The van der Waals surface area contributed by atoms with Crippen LogP contribution in [0.25, 0.3) is 11.0 Å². The van der Waals surface area contributed by atoms with Gasteiger partial charge in [-0.15, -0.1) is 0 Å². The van der Waals surface area contributed by atoms with E-state index in [1.54, 1.807) is 0 Å². The average Bonchev–Trinajstić information content (AvgIpc) is 2.64. The Kier molecular flexibility index (Phi) is 3.65. The molecule has 1 aromatic carbocycles. The summed E-state index contributed by atoms with van der Waals surface area (Å²) in [6.45, 7) is 4.31. The highest BCUT2D eigenvalue weighted by atomic mass is 16.5. The third kappa shape index (κ3) is 2.53. The Hall–Kier alpha value is -1.84. The number of aryl methyl sites for hydroxylation is 3. The SMILES string of the molecule is CCOC(=O)CCc1nc2ccc(C)cc2n1C. The van der Waals surface area contributed by atoms with Crippen molar-refractivity contribution in [1.29, 1.82) is 0 Å². The van der Waals surface area contributed by atoms with E-state index in [0.29, 0.717) is 19.4 Å². The Bertz CT molecular complexity index is 572. The largest absolute Gasteiger partial charge is 0.466 e. The smallest absolute Gasteiger partial charge is 0.306 e. The fourth-order valence-corrected chi connectivity index (χ4v) is 2.02. The molecule has 0 saturated carbocycles. The van der Waals surface area contributed by atoms with E-state index in [0.717, 1.165) is 16.9 Å². The van der Waals surface area contributed by atoms with Gasteiger partial charge in [0.15, 0.2) is 0 Å². The van der Waals surface area contributed by atoms with E-state index < -0.39 is 0 Å². The molecular formula is C14H18N2O2. The van der Waals surface area contributed by atoms with Crippen LogP contribution in [-0.4, -0.2) is 22.1 Å². The van der Waals surface area contributed by atoms with E-state index in [1.807, 2.05) is 30.7 Å².